The number of pyridine rings is 1. The molecule has 0 bridgehead atoms. The number of aryl methyl sites for hydroxylation is 1. The van der Waals surface area contributed by atoms with Crippen LogP contribution in [0.25, 0.3) is 0 Å². The number of anilines is 2. The SMILES string of the molecule is Cc1ccccc1N(CCCO)c1ccccn1. The van der Waals surface area contributed by atoms with Gasteiger partial charge in [-0.1, -0.05) is 24.3 Å². The second-order valence-electron chi connectivity index (χ2n) is 4.20. The van der Waals surface area contributed by atoms with Gasteiger partial charge in [0.05, 0.1) is 0 Å². The molecule has 0 saturated carbocycles. The molecule has 2 rings (SSSR count). The molecule has 0 aliphatic carbocycles. The minimum Gasteiger partial charge on any atom is -0.396 e. The summed E-state index contributed by atoms with van der Waals surface area (Å²) in [6.07, 6.45) is 2.52. The molecule has 0 aliphatic rings. The van der Waals surface area contributed by atoms with Gasteiger partial charge in [0.1, 0.15) is 5.82 Å². The van der Waals surface area contributed by atoms with Gasteiger partial charge in [0.25, 0.3) is 0 Å². The van der Waals surface area contributed by atoms with Crippen molar-refractivity contribution in [1.29, 1.82) is 0 Å². The zero-order valence-electron chi connectivity index (χ0n) is 10.6. The number of benzene rings is 1. The van der Waals surface area contributed by atoms with E-state index in [1.165, 1.54) is 5.56 Å². The number of aromatic nitrogens is 1. The lowest BCUT2D eigenvalue weighted by molar-refractivity contribution is 0.290. The molecule has 94 valence electrons. The average molecular weight is 242 g/mol. The van der Waals surface area contributed by atoms with Crippen LogP contribution < -0.4 is 4.90 Å². The molecule has 3 nitrogen and oxygen atoms in total. The molecule has 0 aliphatic heterocycles. The van der Waals surface area contributed by atoms with Crippen molar-refractivity contribution in [2.45, 2.75) is 13.3 Å². The normalized spacial score (nSPS) is 10.3. The Morgan fingerprint density at radius 3 is 2.56 bits per heavy atom. The highest BCUT2D eigenvalue weighted by atomic mass is 16.3. The lowest BCUT2D eigenvalue weighted by Gasteiger charge is -2.25. The Labute approximate surface area is 108 Å². The Hall–Kier alpha value is -1.87. The Morgan fingerprint density at radius 2 is 1.89 bits per heavy atom. The first-order valence-electron chi connectivity index (χ1n) is 6.18. The van der Waals surface area contributed by atoms with Crippen LogP contribution >= 0.6 is 0 Å². The number of hydrogen-bond acceptors (Lipinski definition) is 3. The van der Waals surface area contributed by atoms with Crippen molar-refractivity contribution in [1.82, 2.24) is 4.98 Å². The van der Waals surface area contributed by atoms with E-state index in [9.17, 15) is 0 Å². The van der Waals surface area contributed by atoms with Crippen molar-refractivity contribution in [3.05, 3.63) is 54.2 Å². The maximum absolute atomic E-state index is 9.03. The fourth-order valence-electron chi connectivity index (χ4n) is 1.97. The van der Waals surface area contributed by atoms with Crippen LogP contribution in [0.3, 0.4) is 0 Å². The van der Waals surface area contributed by atoms with Crippen molar-refractivity contribution < 1.29 is 5.11 Å². The minimum atomic E-state index is 0.190. The maximum Gasteiger partial charge on any atom is 0.132 e. The van der Waals surface area contributed by atoms with Crippen LogP contribution in [0.2, 0.25) is 0 Å². The predicted molar refractivity (Wildman–Crippen MR) is 74.1 cm³/mol. The largest absolute Gasteiger partial charge is 0.396 e. The van der Waals surface area contributed by atoms with Gasteiger partial charge in [0.2, 0.25) is 0 Å². The third kappa shape index (κ3) is 2.87. The number of aliphatic hydroxyl groups is 1. The molecule has 0 amide bonds. The summed E-state index contributed by atoms with van der Waals surface area (Å²) in [5, 5.41) is 9.03. The summed E-state index contributed by atoms with van der Waals surface area (Å²) in [4.78, 5) is 6.54. The highest BCUT2D eigenvalue weighted by Crippen LogP contribution is 2.26. The molecule has 1 aromatic carbocycles. The first kappa shape index (κ1) is 12.6. The summed E-state index contributed by atoms with van der Waals surface area (Å²) in [6.45, 7) is 3.04. The molecule has 18 heavy (non-hydrogen) atoms. The average Bonchev–Trinajstić information content (AvgIpc) is 2.42. The lowest BCUT2D eigenvalue weighted by atomic mass is 10.1. The van der Waals surface area contributed by atoms with Gasteiger partial charge in [-0.25, -0.2) is 4.98 Å². The van der Waals surface area contributed by atoms with Crippen LogP contribution in [0.5, 0.6) is 0 Å². The molecule has 0 radical (unpaired) electrons. The van der Waals surface area contributed by atoms with E-state index in [2.05, 4.69) is 28.9 Å². The number of aliphatic hydroxyl groups excluding tert-OH is 1. The quantitative estimate of drug-likeness (QED) is 0.875. The van der Waals surface area contributed by atoms with Gasteiger partial charge in [-0.05, 0) is 37.1 Å². The zero-order valence-corrected chi connectivity index (χ0v) is 10.6. The van der Waals surface area contributed by atoms with E-state index in [1.807, 2.05) is 30.3 Å². The van der Waals surface area contributed by atoms with Gasteiger partial charge in [-0.15, -0.1) is 0 Å². The van der Waals surface area contributed by atoms with Gasteiger partial charge in [-0.2, -0.15) is 0 Å². The Morgan fingerprint density at radius 1 is 1.11 bits per heavy atom. The van der Waals surface area contributed by atoms with Crippen molar-refractivity contribution >= 4 is 11.5 Å². The van der Waals surface area contributed by atoms with Crippen LogP contribution in [0, 0.1) is 6.92 Å². The van der Waals surface area contributed by atoms with Crippen molar-refractivity contribution in [2.24, 2.45) is 0 Å². The van der Waals surface area contributed by atoms with Gasteiger partial charge in [0, 0.05) is 25.0 Å². The van der Waals surface area contributed by atoms with E-state index in [1.54, 1.807) is 6.20 Å². The van der Waals surface area contributed by atoms with Gasteiger partial charge < -0.3 is 10.0 Å². The number of para-hydroxylation sites is 1. The fourth-order valence-corrected chi connectivity index (χ4v) is 1.97. The highest BCUT2D eigenvalue weighted by Gasteiger charge is 2.11. The Balaban J connectivity index is 2.34. The molecule has 1 heterocycles. The van der Waals surface area contributed by atoms with Crippen LogP contribution in [0.4, 0.5) is 11.5 Å². The molecular weight excluding hydrogens is 224 g/mol. The van der Waals surface area contributed by atoms with Gasteiger partial charge in [-0.3, -0.25) is 0 Å². The standard InChI is InChI=1S/C15H18N2O/c1-13-7-2-3-8-14(13)17(11-6-12-18)15-9-4-5-10-16-15/h2-5,7-10,18H,6,11-12H2,1H3. The summed E-state index contributed by atoms with van der Waals surface area (Å²) in [6, 6.07) is 14.1. The summed E-state index contributed by atoms with van der Waals surface area (Å²) in [5.41, 5.74) is 2.35. The summed E-state index contributed by atoms with van der Waals surface area (Å²) in [7, 11) is 0. The molecule has 0 saturated heterocycles. The van der Waals surface area contributed by atoms with Crippen LogP contribution in [0.1, 0.15) is 12.0 Å². The highest BCUT2D eigenvalue weighted by molar-refractivity contribution is 5.63. The summed E-state index contributed by atoms with van der Waals surface area (Å²) in [5.74, 6) is 0.917. The molecular formula is C15H18N2O. The first-order chi connectivity index (χ1) is 8.83. The molecule has 2 aromatic rings. The van der Waals surface area contributed by atoms with E-state index in [0.717, 1.165) is 24.5 Å². The Kier molecular flexibility index (Phi) is 4.31. The number of hydrogen-bond donors (Lipinski definition) is 1. The monoisotopic (exact) mass is 242 g/mol. The molecule has 0 unspecified atom stereocenters. The number of rotatable bonds is 5. The van der Waals surface area contributed by atoms with E-state index < -0.39 is 0 Å². The van der Waals surface area contributed by atoms with E-state index in [0.29, 0.717) is 0 Å². The van der Waals surface area contributed by atoms with Crippen LogP contribution in [-0.2, 0) is 0 Å². The zero-order chi connectivity index (χ0) is 12.8. The molecule has 3 heteroatoms. The van der Waals surface area contributed by atoms with Crippen LogP contribution in [-0.4, -0.2) is 23.2 Å². The molecule has 0 spiro atoms. The fraction of sp³-hybridized carbons (Fsp3) is 0.267. The summed E-state index contributed by atoms with van der Waals surface area (Å²) < 4.78 is 0. The third-order valence-electron chi connectivity index (χ3n) is 2.87. The molecule has 1 aromatic heterocycles. The van der Waals surface area contributed by atoms with Crippen molar-refractivity contribution in [3.63, 3.8) is 0 Å². The van der Waals surface area contributed by atoms with Crippen molar-refractivity contribution in [3.8, 4) is 0 Å². The van der Waals surface area contributed by atoms with Crippen LogP contribution in [0.15, 0.2) is 48.7 Å². The van der Waals surface area contributed by atoms with E-state index in [4.69, 9.17) is 5.11 Å². The topological polar surface area (TPSA) is 36.4 Å². The molecule has 0 fully saturated rings. The van der Waals surface area contributed by atoms with Gasteiger partial charge >= 0.3 is 0 Å². The first-order valence-corrected chi connectivity index (χ1v) is 6.18. The smallest absolute Gasteiger partial charge is 0.132 e. The number of nitrogens with zero attached hydrogens (tertiary/aromatic N) is 2. The lowest BCUT2D eigenvalue weighted by Crippen LogP contribution is -2.21. The summed E-state index contributed by atoms with van der Waals surface area (Å²) >= 11 is 0. The second-order valence-corrected chi connectivity index (χ2v) is 4.20. The maximum atomic E-state index is 9.03. The second kappa shape index (κ2) is 6.17. The van der Waals surface area contributed by atoms with Gasteiger partial charge in [0.15, 0.2) is 0 Å². The predicted octanol–water partition coefficient (Wildman–Crippen LogP) is 2.91. The Bertz CT molecular complexity index is 485. The molecule has 1 N–H and O–H groups in total. The minimum absolute atomic E-state index is 0.190. The van der Waals surface area contributed by atoms with Crippen molar-refractivity contribution in [2.75, 3.05) is 18.1 Å². The van der Waals surface area contributed by atoms with E-state index >= 15 is 0 Å². The van der Waals surface area contributed by atoms with E-state index in [-0.39, 0.29) is 6.61 Å². The molecule has 0 atom stereocenters. The third-order valence-corrected chi connectivity index (χ3v) is 2.87.